The standard InChI is InChI=1S/C32H24F2N4O6S/c1-36-31(40)27-22-14-21(24(38(2)45(3,41)42)15-26(22)43-29(27)16-7-9-20(33)10-8-16)17-11-18(30(35)39)13-19(12-17)32-37-28-23(34)5-4-6-25(28)44-32/h4-15H,1-3H3,(H2,35,39)(H,36,40). The number of para-hydroxylation sites is 1. The maximum Gasteiger partial charge on any atom is 0.255 e. The van der Waals surface area contributed by atoms with Crippen LogP contribution in [-0.4, -0.2) is 45.6 Å². The van der Waals surface area contributed by atoms with E-state index in [1.807, 2.05) is 0 Å². The van der Waals surface area contributed by atoms with Crippen molar-refractivity contribution in [3.05, 3.63) is 95.6 Å². The Labute approximate surface area is 255 Å². The normalized spacial score (nSPS) is 11.7. The van der Waals surface area contributed by atoms with Gasteiger partial charge < -0.3 is 19.9 Å². The van der Waals surface area contributed by atoms with Crippen molar-refractivity contribution in [2.75, 3.05) is 24.7 Å². The lowest BCUT2D eigenvalue weighted by atomic mass is 9.95. The number of nitrogens with two attached hydrogens (primary N) is 1. The van der Waals surface area contributed by atoms with Crippen molar-refractivity contribution in [3.63, 3.8) is 0 Å². The van der Waals surface area contributed by atoms with E-state index in [0.29, 0.717) is 16.5 Å². The van der Waals surface area contributed by atoms with Gasteiger partial charge in [-0.05, 0) is 66.2 Å². The molecule has 0 spiro atoms. The summed E-state index contributed by atoms with van der Waals surface area (Å²) < 4.78 is 66.6. The number of hydrogen-bond donors (Lipinski definition) is 2. The average molecular weight is 631 g/mol. The van der Waals surface area contributed by atoms with Crippen LogP contribution in [0.4, 0.5) is 14.5 Å². The minimum absolute atomic E-state index is 0.00787. The average Bonchev–Trinajstić information content (AvgIpc) is 3.62. The molecule has 6 rings (SSSR count). The molecule has 0 atom stereocenters. The molecule has 0 aliphatic rings. The number of amides is 2. The summed E-state index contributed by atoms with van der Waals surface area (Å²) in [7, 11) is -1.06. The first-order valence-corrected chi connectivity index (χ1v) is 15.2. The number of primary amides is 1. The van der Waals surface area contributed by atoms with Gasteiger partial charge in [0, 0.05) is 47.8 Å². The minimum Gasteiger partial charge on any atom is -0.455 e. The maximum atomic E-state index is 14.4. The highest BCUT2D eigenvalue weighted by atomic mass is 32.2. The molecule has 228 valence electrons. The zero-order valence-electron chi connectivity index (χ0n) is 24.0. The Balaban J connectivity index is 1.67. The number of aromatic nitrogens is 1. The molecule has 0 unspecified atom stereocenters. The number of oxazole rings is 1. The number of sulfonamides is 1. The van der Waals surface area contributed by atoms with E-state index in [-0.39, 0.29) is 56.3 Å². The zero-order chi connectivity index (χ0) is 32.2. The van der Waals surface area contributed by atoms with E-state index in [0.717, 1.165) is 10.6 Å². The van der Waals surface area contributed by atoms with E-state index in [1.54, 1.807) is 18.2 Å². The molecular weight excluding hydrogens is 606 g/mol. The number of carbonyl (C=O) groups is 2. The molecule has 0 bridgehead atoms. The van der Waals surface area contributed by atoms with Crippen molar-refractivity contribution in [3.8, 4) is 33.9 Å². The largest absolute Gasteiger partial charge is 0.455 e. The number of rotatable bonds is 7. The van der Waals surface area contributed by atoms with Gasteiger partial charge in [-0.15, -0.1) is 0 Å². The van der Waals surface area contributed by atoms with Gasteiger partial charge in [0.1, 0.15) is 22.7 Å². The summed E-state index contributed by atoms with van der Waals surface area (Å²) in [5.74, 6) is -2.27. The van der Waals surface area contributed by atoms with Crippen LogP contribution in [0.3, 0.4) is 0 Å². The topological polar surface area (TPSA) is 149 Å². The van der Waals surface area contributed by atoms with E-state index in [9.17, 15) is 26.8 Å². The highest BCUT2D eigenvalue weighted by Gasteiger charge is 2.27. The summed E-state index contributed by atoms with van der Waals surface area (Å²) in [6.45, 7) is 0. The molecule has 10 nitrogen and oxygen atoms in total. The highest BCUT2D eigenvalue weighted by Crippen LogP contribution is 2.42. The molecule has 0 saturated carbocycles. The van der Waals surface area contributed by atoms with Crippen LogP contribution in [0.2, 0.25) is 0 Å². The Kier molecular flexibility index (Phi) is 7.12. The molecule has 6 aromatic rings. The lowest BCUT2D eigenvalue weighted by Gasteiger charge is -2.21. The van der Waals surface area contributed by atoms with Gasteiger partial charge in [-0.25, -0.2) is 22.2 Å². The molecule has 3 N–H and O–H groups in total. The molecule has 0 aliphatic carbocycles. The van der Waals surface area contributed by atoms with Crippen molar-refractivity contribution in [2.45, 2.75) is 0 Å². The number of furan rings is 1. The van der Waals surface area contributed by atoms with E-state index >= 15 is 0 Å². The zero-order valence-corrected chi connectivity index (χ0v) is 24.8. The molecule has 2 heterocycles. The molecular formula is C32H24F2N4O6S. The van der Waals surface area contributed by atoms with Gasteiger partial charge >= 0.3 is 0 Å². The molecule has 0 saturated heterocycles. The van der Waals surface area contributed by atoms with Crippen LogP contribution < -0.4 is 15.4 Å². The molecule has 2 aromatic heterocycles. The summed E-state index contributed by atoms with van der Waals surface area (Å²) in [6, 6.07) is 17.1. The van der Waals surface area contributed by atoms with Crippen LogP contribution in [0.25, 0.3) is 56.0 Å². The number of hydrogen-bond acceptors (Lipinski definition) is 7. The predicted molar refractivity (Wildman–Crippen MR) is 165 cm³/mol. The summed E-state index contributed by atoms with van der Waals surface area (Å²) in [4.78, 5) is 29.9. The fourth-order valence-corrected chi connectivity index (χ4v) is 5.55. The number of nitrogens with zero attached hydrogens (tertiary/aromatic N) is 2. The van der Waals surface area contributed by atoms with E-state index in [1.165, 1.54) is 68.7 Å². The third-order valence-corrected chi connectivity index (χ3v) is 8.54. The number of benzene rings is 4. The molecule has 0 fully saturated rings. The van der Waals surface area contributed by atoms with Gasteiger partial charge in [-0.2, -0.15) is 0 Å². The maximum absolute atomic E-state index is 14.4. The second-order valence-electron chi connectivity index (χ2n) is 10.3. The van der Waals surface area contributed by atoms with Crippen LogP contribution in [-0.2, 0) is 10.0 Å². The van der Waals surface area contributed by atoms with Crippen LogP contribution in [0.15, 0.2) is 81.6 Å². The van der Waals surface area contributed by atoms with E-state index < -0.39 is 33.5 Å². The number of carbonyl (C=O) groups excluding carboxylic acids is 2. The number of halogens is 2. The van der Waals surface area contributed by atoms with Crippen molar-refractivity contribution in [1.29, 1.82) is 0 Å². The first-order chi connectivity index (χ1) is 21.3. The fourth-order valence-electron chi connectivity index (χ4n) is 5.04. The lowest BCUT2D eigenvalue weighted by Crippen LogP contribution is -2.25. The summed E-state index contributed by atoms with van der Waals surface area (Å²) in [5, 5.41) is 2.89. The quantitative estimate of drug-likeness (QED) is 0.230. The Hall–Kier alpha value is -5.56. The molecule has 0 aliphatic heterocycles. The second kappa shape index (κ2) is 10.9. The smallest absolute Gasteiger partial charge is 0.255 e. The summed E-state index contributed by atoms with van der Waals surface area (Å²) >= 11 is 0. The van der Waals surface area contributed by atoms with Crippen molar-refractivity contribution in [2.24, 2.45) is 5.73 Å². The van der Waals surface area contributed by atoms with Crippen LogP contribution >= 0.6 is 0 Å². The Morgan fingerprint density at radius 3 is 2.27 bits per heavy atom. The number of anilines is 1. The van der Waals surface area contributed by atoms with Gasteiger partial charge in [-0.3, -0.25) is 13.9 Å². The lowest BCUT2D eigenvalue weighted by molar-refractivity contribution is 0.0963. The molecule has 0 radical (unpaired) electrons. The Morgan fingerprint density at radius 1 is 0.911 bits per heavy atom. The Bertz CT molecular complexity index is 2280. The summed E-state index contributed by atoms with van der Waals surface area (Å²) in [5.41, 5.74) is 7.56. The first kappa shape index (κ1) is 29.5. The number of fused-ring (bicyclic) bond motifs is 2. The third-order valence-electron chi connectivity index (χ3n) is 7.35. The van der Waals surface area contributed by atoms with Crippen LogP contribution in [0, 0.1) is 11.6 Å². The fraction of sp³-hybridized carbons (Fsp3) is 0.0938. The SMILES string of the molecule is CNC(=O)c1c(-c2ccc(F)cc2)oc2cc(N(C)S(C)(=O)=O)c(-c3cc(C(N)=O)cc(-c4nc5c(F)cccc5o4)c3)cc12. The van der Waals surface area contributed by atoms with E-state index in [4.69, 9.17) is 14.6 Å². The van der Waals surface area contributed by atoms with Gasteiger partial charge in [0.2, 0.25) is 21.8 Å². The molecule has 13 heteroatoms. The molecule has 4 aromatic carbocycles. The second-order valence-corrected chi connectivity index (χ2v) is 12.3. The molecule has 2 amide bonds. The highest BCUT2D eigenvalue weighted by molar-refractivity contribution is 7.92. The van der Waals surface area contributed by atoms with Gasteiger partial charge in [0.05, 0.1) is 17.5 Å². The number of nitrogens with one attached hydrogen (secondary N) is 1. The van der Waals surface area contributed by atoms with Crippen molar-refractivity contribution < 1.29 is 35.6 Å². The van der Waals surface area contributed by atoms with Crippen LogP contribution in [0.5, 0.6) is 0 Å². The van der Waals surface area contributed by atoms with Crippen molar-refractivity contribution >= 4 is 49.6 Å². The predicted octanol–water partition coefficient (Wildman–Crippen LogP) is 5.71. The van der Waals surface area contributed by atoms with Gasteiger partial charge in [0.25, 0.3) is 5.91 Å². The monoisotopic (exact) mass is 630 g/mol. The van der Waals surface area contributed by atoms with Gasteiger partial charge in [0.15, 0.2) is 11.4 Å². The van der Waals surface area contributed by atoms with Crippen molar-refractivity contribution in [1.82, 2.24) is 10.3 Å². The van der Waals surface area contributed by atoms with Gasteiger partial charge in [-0.1, -0.05) is 6.07 Å². The molecule has 45 heavy (non-hydrogen) atoms. The van der Waals surface area contributed by atoms with E-state index in [2.05, 4.69) is 10.3 Å². The van der Waals surface area contributed by atoms with Crippen LogP contribution in [0.1, 0.15) is 20.7 Å². The minimum atomic E-state index is -3.84. The Morgan fingerprint density at radius 2 is 1.62 bits per heavy atom. The third kappa shape index (κ3) is 5.27. The summed E-state index contributed by atoms with van der Waals surface area (Å²) in [6.07, 6.45) is 1.02. The first-order valence-electron chi connectivity index (χ1n) is 13.4.